The van der Waals surface area contributed by atoms with Gasteiger partial charge < -0.3 is 15.7 Å². The Balaban J connectivity index is 3.73. The van der Waals surface area contributed by atoms with Gasteiger partial charge in [-0.1, -0.05) is 6.92 Å². The number of amides is 2. The zero-order chi connectivity index (χ0) is 14.8. The standard InChI is InChI=1S/C12H24N2O4S/c1-9(4-5-11(15)16)8-13-12(17)14-10(2)6-7-19(3)18/h9-10H,4-8H2,1-3H3,(H,15,16)(H2,13,14,17). The first-order valence-corrected chi connectivity index (χ1v) is 8.10. The van der Waals surface area contributed by atoms with Crippen molar-refractivity contribution in [1.29, 1.82) is 0 Å². The van der Waals surface area contributed by atoms with Gasteiger partial charge in [-0.15, -0.1) is 0 Å². The van der Waals surface area contributed by atoms with E-state index in [1.165, 1.54) is 0 Å². The fourth-order valence-corrected chi connectivity index (χ4v) is 2.11. The Bertz CT molecular complexity index is 323. The number of carbonyl (C=O) groups excluding carboxylic acids is 1. The number of rotatable bonds is 9. The fraction of sp³-hybridized carbons (Fsp3) is 0.833. The van der Waals surface area contributed by atoms with E-state index in [2.05, 4.69) is 10.6 Å². The summed E-state index contributed by atoms with van der Waals surface area (Å²) in [5, 5.41) is 14.0. The van der Waals surface area contributed by atoms with Crippen LogP contribution >= 0.6 is 0 Å². The van der Waals surface area contributed by atoms with Gasteiger partial charge in [0.05, 0.1) is 0 Å². The van der Waals surface area contributed by atoms with Gasteiger partial charge in [0.25, 0.3) is 0 Å². The number of carbonyl (C=O) groups is 2. The molecule has 0 aliphatic carbocycles. The Kier molecular flexibility index (Phi) is 9.20. The third-order valence-corrected chi connectivity index (χ3v) is 3.49. The van der Waals surface area contributed by atoms with E-state index in [9.17, 15) is 13.8 Å². The number of carboxylic acid groups (broad SMARTS) is 1. The summed E-state index contributed by atoms with van der Waals surface area (Å²) < 4.78 is 10.9. The van der Waals surface area contributed by atoms with Crippen LogP contribution in [0.1, 0.15) is 33.1 Å². The molecule has 0 fully saturated rings. The molecule has 7 heteroatoms. The second kappa shape index (κ2) is 9.77. The number of hydrogen-bond acceptors (Lipinski definition) is 3. The van der Waals surface area contributed by atoms with Gasteiger partial charge in [0.2, 0.25) is 0 Å². The minimum absolute atomic E-state index is 0.0294. The molecule has 0 saturated heterocycles. The van der Waals surface area contributed by atoms with Crippen molar-refractivity contribution in [3.63, 3.8) is 0 Å². The SMILES string of the molecule is CC(CCC(=O)O)CNC(=O)NC(C)CCS(C)=O. The maximum atomic E-state index is 11.5. The van der Waals surface area contributed by atoms with Gasteiger partial charge in [-0.2, -0.15) is 0 Å². The first-order chi connectivity index (χ1) is 8.81. The summed E-state index contributed by atoms with van der Waals surface area (Å²) in [6, 6.07) is -0.296. The summed E-state index contributed by atoms with van der Waals surface area (Å²) in [5.41, 5.74) is 0. The summed E-state index contributed by atoms with van der Waals surface area (Å²) >= 11 is 0. The Morgan fingerprint density at radius 1 is 1.26 bits per heavy atom. The lowest BCUT2D eigenvalue weighted by molar-refractivity contribution is -0.137. The normalized spacial score (nSPS) is 15.3. The van der Waals surface area contributed by atoms with Crippen LogP contribution in [0, 0.1) is 5.92 Å². The van der Waals surface area contributed by atoms with Gasteiger partial charge in [0.15, 0.2) is 0 Å². The highest BCUT2D eigenvalue weighted by atomic mass is 32.2. The van der Waals surface area contributed by atoms with Crippen LogP contribution in [0.4, 0.5) is 4.79 Å². The lowest BCUT2D eigenvalue weighted by atomic mass is 10.1. The maximum Gasteiger partial charge on any atom is 0.315 e. The van der Waals surface area contributed by atoms with Crippen molar-refractivity contribution in [3.8, 4) is 0 Å². The van der Waals surface area contributed by atoms with Gasteiger partial charge in [0, 0.05) is 41.8 Å². The molecule has 3 unspecified atom stereocenters. The van der Waals surface area contributed by atoms with E-state index in [4.69, 9.17) is 5.11 Å². The molecule has 112 valence electrons. The topological polar surface area (TPSA) is 95.5 Å². The van der Waals surface area contributed by atoms with E-state index >= 15 is 0 Å². The van der Waals surface area contributed by atoms with Crippen molar-refractivity contribution in [2.24, 2.45) is 5.92 Å². The largest absolute Gasteiger partial charge is 0.481 e. The third-order valence-electron chi connectivity index (χ3n) is 2.68. The summed E-state index contributed by atoms with van der Waals surface area (Å²) in [4.78, 5) is 21.9. The molecule has 19 heavy (non-hydrogen) atoms. The Labute approximate surface area is 116 Å². The molecule has 0 heterocycles. The summed E-state index contributed by atoms with van der Waals surface area (Å²) in [5.74, 6) is -0.131. The average Bonchev–Trinajstić information content (AvgIpc) is 2.31. The minimum atomic E-state index is -0.847. The molecular formula is C12H24N2O4S. The van der Waals surface area contributed by atoms with Gasteiger partial charge >= 0.3 is 12.0 Å². The highest BCUT2D eigenvalue weighted by Gasteiger charge is 2.10. The molecule has 0 aromatic rings. The van der Waals surface area contributed by atoms with E-state index in [0.717, 1.165) is 0 Å². The van der Waals surface area contributed by atoms with E-state index in [0.29, 0.717) is 25.1 Å². The number of hydrogen-bond donors (Lipinski definition) is 3. The van der Waals surface area contributed by atoms with E-state index in [-0.39, 0.29) is 24.4 Å². The lowest BCUT2D eigenvalue weighted by Crippen LogP contribution is -2.42. The predicted molar refractivity (Wildman–Crippen MR) is 75.6 cm³/mol. The summed E-state index contributed by atoms with van der Waals surface area (Å²) in [6.45, 7) is 4.21. The number of urea groups is 1. The number of aliphatic carboxylic acids is 1. The summed E-state index contributed by atoms with van der Waals surface area (Å²) in [6.07, 6.45) is 2.96. The van der Waals surface area contributed by atoms with Crippen LogP contribution in [-0.2, 0) is 15.6 Å². The zero-order valence-electron chi connectivity index (χ0n) is 11.8. The maximum absolute atomic E-state index is 11.5. The molecule has 0 radical (unpaired) electrons. The minimum Gasteiger partial charge on any atom is -0.481 e. The van der Waals surface area contributed by atoms with Crippen LogP contribution in [0.5, 0.6) is 0 Å². The van der Waals surface area contributed by atoms with Crippen molar-refractivity contribution in [3.05, 3.63) is 0 Å². The molecule has 0 spiro atoms. The quantitative estimate of drug-likeness (QED) is 0.589. The van der Waals surface area contributed by atoms with Gasteiger partial charge in [-0.25, -0.2) is 4.79 Å². The predicted octanol–water partition coefficient (Wildman–Crippen LogP) is 0.944. The van der Waals surface area contributed by atoms with Crippen LogP contribution in [0.15, 0.2) is 0 Å². The molecule has 0 aliphatic heterocycles. The van der Waals surface area contributed by atoms with Crippen molar-refractivity contribution < 1.29 is 18.9 Å². The van der Waals surface area contributed by atoms with Crippen LogP contribution in [0.25, 0.3) is 0 Å². The molecular weight excluding hydrogens is 268 g/mol. The van der Waals surface area contributed by atoms with E-state index < -0.39 is 16.8 Å². The summed E-state index contributed by atoms with van der Waals surface area (Å²) in [7, 11) is -0.847. The van der Waals surface area contributed by atoms with Gasteiger partial charge in [-0.3, -0.25) is 9.00 Å². The molecule has 0 aromatic carbocycles. The van der Waals surface area contributed by atoms with Crippen LogP contribution < -0.4 is 10.6 Å². The van der Waals surface area contributed by atoms with E-state index in [1.54, 1.807) is 6.26 Å². The Morgan fingerprint density at radius 3 is 2.42 bits per heavy atom. The Morgan fingerprint density at radius 2 is 1.89 bits per heavy atom. The molecule has 0 bridgehead atoms. The highest BCUT2D eigenvalue weighted by Crippen LogP contribution is 2.03. The molecule has 2 amide bonds. The molecule has 0 saturated carbocycles. The first-order valence-electron chi connectivity index (χ1n) is 6.37. The fourth-order valence-electron chi connectivity index (χ4n) is 1.43. The van der Waals surface area contributed by atoms with Crippen LogP contribution in [0.2, 0.25) is 0 Å². The van der Waals surface area contributed by atoms with Crippen LogP contribution in [-0.4, -0.2) is 45.9 Å². The number of nitrogens with one attached hydrogen (secondary N) is 2. The molecule has 3 N–H and O–H groups in total. The Hall–Kier alpha value is -1.11. The molecule has 0 aromatic heterocycles. The van der Waals surface area contributed by atoms with Crippen molar-refractivity contribution in [2.75, 3.05) is 18.6 Å². The van der Waals surface area contributed by atoms with Gasteiger partial charge in [0.1, 0.15) is 0 Å². The molecule has 0 rings (SSSR count). The lowest BCUT2D eigenvalue weighted by Gasteiger charge is -2.16. The average molecular weight is 292 g/mol. The van der Waals surface area contributed by atoms with Crippen molar-refractivity contribution in [2.45, 2.75) is 39.2 Å². The monoisotopic (exact) mass is 292 g/mol. The molecule has 0 aliphatic rings. The second-order valence-electron chi connectivity index (χ2n) is 4.86. The van der Waals surface area contributed by atoms with Crippen molar-refractivity contribution in [1.82, 2.24) is 10.6 Å². The van der Waals surface area contributed by atoms with E-state index in [1.807, 2.05) is 13.8 Å². The second-order valence-corrected chi connectivity index (χ2v) is 6.41. The van der Waals surface area contributed by atoms with Crippen LogP contribution in [0.3, 0.4) is 0 Å². The van der Waals surface area contributed by atoms with Gasteiger partial charge in [-0.05, 0) is 25.7 Å². The highest BCUT2D eigenvalue weighted by molar-refractivity contribution is 7.84. The first kappa shape index (κ1) is 17.9. The number of carboxylic acids is 1. The smallest absolute Gasteiger partial charge is 0.315 e. The molecule has 3 atom stereocenters. The molecule has 6 nitrogen and oxygen atoms in total. The third kappa shape index (κ3) is 11.7. The van der Waals surface area contributed by atoms with Crippen molar-refractivity contribution >= 4 is 22.8 Å². The zero-order valence-corrected chi connectivity index (χ0v) is 12.6.